The molecule has 1 fully saturated rings. The maximum absolute atomic E-state index is 5.94. The van der Waals surface area contributed by atoms with Crippen LogP contribution in [0.2, 0.25) is 5.28 Å². The van der Waals surface area contributed by atoms with Crippen molar-refractivity contribution in [3.05, 3.63) is 11.5 Å². The summed E-state index contributed by atoms with van der Waals surface area (Å²) in [5.74, 6) is 1.60. The zero-order valence-corrected chi connectivity index (χ0v) is 10.4. The summed E-state index contributed by atoms with van der Waals surface area (Å²) in [6.07, 6.45) is 4.24. The van der Waals surface area contributed by atoms with Crippen LogP contribution in [0.15, 0.2) is 6.20 Å². The Balaban J connectivity index is 2.06. The van der Waals surface area contributed by atoms with Crippen LogP contribution in [0.1, 0.15) is 19.8 Å². The van der Waals surface area contributed by atoms with E-state index in [9.17, 15) is 0 Å². The Kier molecular flexibility index (Phi) is 2.63. The van der Waals surface area contributed by atoms with Gasteiger partial charge in [-0.25, -0.2) is 0 Å². The van der Waals surface area contributed by atoms with Crippen molar-refractivity contribution in [2.24, 2.45) is 5.92 Å². The molecule has 0 bridgehead atoms. The minimum absolute atomic E-state index is 0.273. The normalized spacial score (nSPS) is 21.1. The summed E-state index contributed by atoms with van der Waals surface area (Å²) < 4.78 is 0. The molecule has 6 heteroatoms. The minimum atomic E-state index is 0.273. The van der Waals surface area contributed by atoms with Crippen LogP contribution in [0.4, 0.5) is 5.82 Å². The molecule has 1 aliphatic rings. The fraction of sp³-hybridized carbons (Fsp3) is 0.545. The van der Waals surface area contributed by atoms with E-state index in [0.29, 0.717) is 11.6 Å². The van der Waals surface area contributed by atoms with Crippen LogP contribution in [0.5, 0.6) is 0 Å². The van der Waals surface area contributed by atoms with E-state index in [4.69, 9.17) is 11.6 Å². The number of aromatic amines is 1. The molecule has 1 saturated heterocycles. The molecule has 1 atom stereocenters. The standard InChI is InChI=1S/C11H14ClN5/c1-7-3-2-4-17(6-7)10-8-5-13-16-9(8)14-11(12)15-10/h5,7H,2-4,6H2,1H3,(H,13,14,15,16). The molecule has 2 aromatic heterocycles. The topological polar surface area (TPSA) is 57.7 Å². The van der Waals surface area contributed by atoms with Crippen molar-refractivity contribution in [3.63, 3.8) is 0 Å². The molecule has 0 aliphatic carbocycles. The molecule has 1 unspecified atom stereocenters. The first kappa shape index (κ1) is 10.8. The van der Waals surface area contributed by atoms with Gasteiger partial charge in [-0.2, -0.15) is 15.1 Å². The summed E-state index contributed by atoms with van der Waals surface area (Å²) in [4.78, 5) is 10.7. The molecule has 5 nitrogen and oxygen atoms in total. The summed E-state index contributed by atoms with van der Waals surface area (Å²) >= 11 is 5.94. The highest BCUT2D eigenvalue weighted by Gasteiger charge is 2.21. The number of hydrogen-bond acceptors (Lipinski definition) is 4. The molecule has 0 saturated carbocycles. The van der Waals surface area contributed by atoms with Crippen LogP contribution in [0, 0.1) is 5.92 Å². The highest BCUT2D eigenvalue weighted by Crippen LogP contribution is 2.27. The Labute approximate surface area is 104 Å². The first-order chi connectivity index (χ1) is 8.24. The quantitative estimate of drug-likeness (QED) is 0.790. The average molecular weight is 252 g/mol. The lowest BCUT2D eigenvalue weighted by Crippen LogP contribution is -2.35. The molecule has 17 heavy (non-hydrogen) atoms. The van der Waals surface area contributed by atoms with Gasteiger partial charge in [-0.05, 0) is 30.4 Å². The summed E-state index contributed by atoms with van der Waals surface area (Å²) in [6, 6.07) is 0. The SMILES string of the molecule is CC1CCCN(c2nc(Cl)nc3[nH]ncc23)C1. The summed E-state index contributed by atoms with van der Waals surface area (Å²) in [5, 5.41) is 8.06. The fourth-order valence-corrected chi connectivity index (χ4v) is 2.58. The highest BCUT2D eigenvalue weighted by atomic mass is 35.5. The van der Waals surface area contributed by atoms with E-state index in [-0.39, 0.29) is 5.28 Å². The number of piperidine rings is 1. The predicted molar refractivity (Wildman–Crippen MR) is 67.3 cm³/mol. The van der Waals surface area contributed by atoms with Gasteiger partial charge in [-0.15, -0.1) is 0 Å². The lowest BCUT2D eigenvalue weighted by molar-refractivity contribution is 0.445. The lowest BCUT2D eigenvalue weighted by atomic mass is 10.0. The smallest absolute Gasteiger partial charge is 0.226 e. The molecule has 3 rings (SSSR count). The Hall–Kier alpha value is -1.36. The van der Waals surface area contributed by atoms with Gasteiger partial charge in [0.15, 0.2) is 5.65 Å². The van der Waals surface area contributed by atoms with Crippen molar-refractivity contribution in [1.82, 2.24) is 20.2 Å². The molecule has 90 valence electrons. The number of rotatable bonds is 1. The Morgan fingerprint density at radius 1 is 1.47 bits per heavy atom. The number of H-pyrrole nitrogens is 1. The van der Waals surface area contributed by atoms with Gasteiger partial charge in [0, 0.05) is 13.1 Å². The van der Waals surface area contributed by atoms with E-state index in [1.165, 1.54) is 12.8 Å². The maximum Gasteiger partial charge on any atom is 0.226 e. The Bertz CT molecular complexity index is 538. The number of fused-ring (bicyclic) bond motifs is 1. The van der Waals surface area contributed by atoms with Crippen LogP contribution in [0.3, 0.4) is 0 Å². The predicted octanol–water partition coefficient (Wildman–Crippen LogP) is 2.24. The highest BCUT2D eigenvalue weighted by molar-refractivity contribution is 6.28. The third-order valence-corrected chi connectivity index (χ3v) is 3.39. The van der Waals surface area contributed by atoms with Gasteiger partial charge in [0.2, 0.25) is 5.28 Å². The number of nitrogens with one attached hydrogen (secondary N) is 1. The van der Waals surface area contributed by atoms with Crippen molar-refractivity contribution in [2.75, 3.05) is 18.0 Å². The molecule has 0 aromatic carbocycles. The summed E-state index contributed by atoms with van der Waals surface area (Å²) in [5.41, 5.74) is 0.707. The number of hydrogen-bond donors (Lipinski definition) is 1. The van der Waals surface area contributed by atoms with Gasteiger partial charge in [0.1, 0.15) is 5.82 Å². The van der Waals surface area contributed by atoms with Crippen molar-refractivity contribution in [3.8, 4) is 0 Å². The second-order valence-electron chi connectivity index (χ2n) is 4.64. The zero-order valence-electron chi connectivity index (χ0n) is 9.65. The number of aromatic nitrogens is 4. The summed E-state index contributed by atoms with van der Waals surface area (Å²) in [6.45, 7) is 4.31. The van der Waals surface area contributed by atoms with Gasteiger partial charge < -0.3 is 4.90 Å². The van der Waals surface area contributed by atoms with Gasteiger partial charge >= 0.3 is 0 Å². The van der Waals surface area contributed by atoms with Gasteiger partial charge in [-0.3, -0.25) is 5.10 Å². The molecule has 1 N–H and O–H groups in total. The zero-order chi connectivity index (χ0) is 11.8. The largest absolute Gasteiger partial charge is 0.356 e. The van der Waals surface area contributed by atoms with E-state index in [2.05, 4.69) is 32.0 Å². The van der Waals surface area contributed by atoms with Crippen molar-refractivity contribution >= 4 is 28.5 Å². The first-order valence-electron chi connectivity index (χ1n) is 5.85. The maximum atomic E-state index is 5.94. The van der Waals surface area contributed by atoms with Gasteiger partial charge in [0.05, 0.1) is 11.6 Å². The Morgan fingerprint density at radius 3 is 3.18 bits per heavy atom. The molecular weight excluding hydrogens is 238 g/mol. The second-order valence-corrected chi connectivity index (χ2v) is 4.98. The molecule has 0 spiro atoms. The van der Waals surface area contributed by atoms with Gasteiger partial charge in [0.25, 0.3) is 0 Å². The monoisotopic (exact) mass is 251 g/mol. The van der Waals surface area contributed by atoms with Crippen LogP contribution in [-0.2, 0) is 0 Å². The van der Waals surface area contributed by atoms with E-state index in [1.54, 1.807) is 6.20 Å². The van der Waals surface area contributed by atoms with E-state index in [0.717, 1.165) is 24.3 Å². The van der Waals surface area contributed by atoms with Crippen molar-refractivity contribution in [1.29, 1.82) is 0 Å². The van der Waals surface area contributed by atoms with Crippen molar-refractivity contribution in [2.45, 2.75) is 19.8 Å². The van der Waals surface area contributed by atoms with E-state index in [1.807, 2.05) is 0 Å². The molecule has 1 aliphatic heterocycles. The van der Waals surface area contributed by atoms with E-state index >= 15 is 0 Å². The van der Waals surface area contributed by atoms with E-state index < -0.39 is 0 Å². The molecule has 2 aromatic rings. The van der Waals surface area contributed by atoms with Crippen LogP contribution in [-0.4, -0.2) is 33.3 Å². The number of anilines is 1. The Morgan fingerprint density at radius 2 is 2.35 bits per heavy atom. The first-order valence-corrected chi connectivity index (χ1v) is 6.23. The fourth-order valence-electron chi connectivity index (χ4n) is 2.42. The molecule has 0 radical (unpaired) electrons. The minimum Gasteiger partial charge on any atom is -0.356 e. The number of halogens is 1. The van der Waals surface area contributed by atoms with Gasteiger partial charge in [-0.1, -0.05) is 6.92 Å². The third-order valence-electron chi connectivity index (χ3n) is 3.22. The average Bonchev–Trinajstić information content (AvgIpc) is 2.75. The molecular formula is C11H14ClN5. The summed E-state index contributed by atoms with van der Waals surface area (Å²) in [7, 11) is 0. The van der Waals surface area contributed by atoms with Crippen molar-refractivity contribution < 1.29 is 0 Å². The van der Waals surface area contributed by atoms with Crippen LogP contribution in [0.25, 0.3) is 11.0 Å². The van der Waals surface area contributed by atoms with Crippen LogP contribution >= 0.6 is 11.6 Å². The third kappa shape index (κ3) is 1.95. The van der Waals surface area contributed by atoms with Crippen LogP contribution < -0.4 is 4.90 Å². The molecule has 0 amide bonds. The number of nitrogens with zero attached hydrogens (tertiary/aromatic N) is 4. The molecule has 3 heterocycles. The second kappa shape index (κ2) is 4.14. The lowest BCUT2D eigenvalue weighted by Gasteiger charge is -2.32.